The van der Waals surface area contributed by atoms with Crippen LogP contribution in [-0.2, 0) is 21.4 Å². The minimum absolute atomic E-state index is 0.0423. The van der Waals surface area contributed by atoms with Crippen LogP contribution in [0.3, 0.4) is 0 Å². The number of sulfonamides is 1. The number of carbonyl (C=O) groups is 1. The molecule has 0 bridgehead atoms. The van der Waals surface area contributed by atoms with Crippen molar-refractivity contribution in [1.29, 1.82) is 0 Å². The second-order valence-corrected chi connectivity index (χ2v) is 9.68. The van der Waals surface area contributed by atoms with Crippen molar-refractivity contribution in [3.8, 4) is 9.88 Å². The molecule has 0 radical (unpaired) electrons. The number of rotatable bonds is 7. The zero-order chi connectivity index (χ0) is 21.0. The van der Waals surface area contributed by atoms with Gasteiger partial charge in [0, 0.05) is 11.1 Å². The number of anilines is 1. The maximum Gasteiger partial charge on any atom is 0.338 e. The van der Waals surface area contributed by atoms with Crippen LogP contribution in [0.5, 0.6) is 0 Å². The van der Waals surface area contributed by atoms with Gasteiger partial charge in [-0.05, 0) is 41.8 Å². The molecule has 0 unspecified atom stereocenters. The average Bonchev–Trinajstić information content (AvgIpc) is 3.44. The van der Waals surface area contributed by atoms with Gasteiger partial charge < -0.3 is 4.74 Å². The first-order valence-corrected chi connectivity index (χ1v) is 12.1. The predicted octanol–water partition coefficient (Wildman–Crippen LogP) is 5.03. The summed E-state index contributed by atoms with van der Waals surface area (Å²) in [6.45, 7) is 0.0423. The van der Waals surface area contributed by atoms with E-state index < -0.39 is 16.0 Å². The lowest BCUT2D eigenvalue weighted by Gasteiger charge is -2.09. The molecule has 4 aromatic rings. The van der Waals surface area contributed by atoms with E-state index in [9.17, 15) is 13.2 Å². The number of esters is 1. The molecule has 2 heterocycles. The number of aromatic nitrogens is 1. The Kier molecular flexibility index (Phi) is 5.93. The lowest BCUT2D eigenvalue weighted by atomic mass is 10.2. The Morgan fingerprint density at radius 3 is 2.60 bits per heavy atom. The van der Waals surface area contributed by atoms with Crippen LogP contribution in [0.1, 0.15) is 16.1 Å². The lowest BCUT2D eigenvalue weighted by Crippen LogP contribution is -2.13. The van der Waals surface area contributed by atoms with E-state index >= 15 is 0 Å². The van der Waals surface area contributed by atoms with Crippen molar-refractivity contribution >= 4 is 44.4 Å². The molecule has 152 valence electrons. The van der Waals surface area contributed by atoms with E-state index in [2.05, 4.69) is 9.71 Å². The van der Waals surface area contributed by atoms with Gasteiger partial charge in [0.25, 0.3) is 10.0 Å². The quantitative estimate of drug-likeness (QED) is 0.394. The van der Waals surface area contributed by atoms with E-state index in [0.717, 1.165) is 9.88 Å². The van der Waals surface area contributed by atoms with Crippen molar-refractivity contribution in [1.82, 2.24) is 4.98 Å². The second kappa shape index (κ2) is 8.78. The topological polar surface area (TPSA) is 85.4 Å². The zero-order valence-corrected chi connectivity index (χ0v) is 18.0. The molecule has 30 heavy (non-hydrogen) atoms. The van der Waals surface area contributed by atoms with Crippen LogP contribution >= 0.6 is 22.7 Å². The number of nitrogens with zero attached hydrogens (tertiary/aromatic N) is 1. The molecule has 6 nitrogen and oxygen atoms in total. The van der Waals surface area contributed by atoms with Gasteiger partial charge in [0.05, 0.1) is 21.0 Å². The van der Waals surface area contributed by atoms with Crippen molar-refractivity contribution in [3.63, 3.8) is 0 Å². The molecular weight excluding hydrogens is 440 g/mol. The van der Waals surface area contributed by atoms with Gasteiger partial charge in [-0.25, -0.2) is 18.2 Å². The summed E-state index contributed by atoms with van der Waals surface area (Å²) in [6, 6.07) is 18.2. The van der Waals surface area contributed by atoms with Gasteiger partial charge in [-0.1, -0.05) is 30.3 Å². The van der Waals surface area contributed by atoms with E-state index in [4.69, 9.17) is 4.74 Å². The highest BCUT2D eigenvalue weighted by molar-refractivity contribution is 7.92. The Morgan fingerprint density at radius 1 is 1.00 bits per heavy atom. The van der Waals surface area contributed by atoms with Crippen LogP contribution in [0, 0.1) is 0 Å². The number of ether oxygens (including phenoxy) is 1. The summed E-state index contributed by atoms with van der Waals surface area (Å²) in [6.07, 6.45) is 0. The minimum Gasteiger partial charge on any atom is -0.456 e. The Balaban J connectivity index is 1.42. The summed E-state index contributed by atoms with van der Waals surface area (Å²) < 4.78 is 32.7. The molecule has 2 aromatic carbocycles. The summed E-state index contributed by atoms with van der Waals surface area (Å²) in [5, 5.41) is 4.72. The first-order valence-electron chi connectivity index (χ1n) is 8.84. The van der Waals surface area contributed by atoms with Crippen LogP contribution in [0.2, 0.25) is 0 Å². The largest absolute Gasteiger partial charge is 0.456 e. The van der Waals surface area contributed by atoms with Crippen molar-refractivity contribution in [3.05, 3.63) is 88.7 Å². The summed E-state index contributed by atoms with van der Waals surface area (Å²) in [5.41, 5.74) is 1.19. The van der Waals surface area contributed by atoms with Gasteiger partial charge in [-0.3, -0.25) is 4.72 Å². The van der Waals surface area contributed by atoms with Gasteiger partial charge >= 0.3 is 5.97 Å². The lowest BCUT2D eigenvalue weighted by molar-refractivity contribution is 0.0468. The molecule has 0 saturated heterocycles. The summed E-state index contributed by atoms with van der Waals surface area (Å²) in [5.74, 6) is -0.554. The maximum atomic E-state index is 12.5. The number of hydrogen-bond acceptors (Lipinski definition) is 7. The van der Waals surface area contributed by atoms with Gasteiger partial charge in [0.15, 0.2) is 0 Å². The van der Waals surface area contributed by atoms with E-state index in [1.54, 1.807) is 47.7 Å². The molecule has 0 aliphatic heterocycles. The van der Waals surface area contributed by atoms with Gasteiger partial charge in [-0.15, -0.1) is 22.7 Å². The van der Waals surface area contributed by atoms with Gasteiger partial charge in [0.2, 0.25) is 0 Å². The number of thiazole rings is 1. The van der Waals surface area contributed by atoms with Crippen molar-refractivity contribution in [2.45, 2.75) is 11.5 Å². The molecule has 0 atom stereocenters. The first-order chi connectivity index (χ1) is 14.5. The number of carbonyl (C=O) groups excluding carboxylic acids is 1. The highest BCUT2D eigenvalue weighted by Crippen LogP contribution is 2.28. The molecule has 1 N–H and O–H groups in total. The first kappa shape index (κ1) is 20.3. The summed E-state index contributed by atoms with van der Waals surface area (Å²) >= 11 is 3.09. The summed E-state index contributed by atoms with van der Waals surface area (Å²) in [4.78, 5) is 18.1. The highest BCUT2D eigenvalue weighted by atomic mass is 32.2. The maximum absolute atomic E-state index is 12.5. The Bertz CT molecular complexity index is 1250. The van der Waals surface area contributed by atoms with Crippen molar-refractivity contribution in [2.24, 2.45) is 0 Å². The number of hydrogen-bond donors (Lipinski definition) is 1. The van der Waals surface area contributed by atoms with Crippen LogP contribution < -0.4 is 4.72 Å². The number of benzene rings is 2. The smallest absolute Gasteiger partial charge is 0.338 e. The van der Waals surface area contributed by atoms with Crippen LogP contribution in [0.15, 0.2) is 82.4 Å². The standard InChI is InChI=1S/C21H16N2O4S3/c24-21(27-13-17-14-29-20(22-17)19-10-5-11-28-19)15-6-4-7-16(12-15)23-30(25,26)18-8-2-1-3-9-18/h1-12,14,23H,13H2. The van der Waals surface area contributed by atoms with Crippen LogP contribution in [-0.4, -0.2) is 19.4 Å². The molecule has 0 aliphatic rings. The molecule has 0 amide bonds. The molecule has 0 aliphatic carbocycles. The molecule has 9 heteroatoms. The number of thiophene rings is 1. The third-order valence-corrected chi connectivity index (χ3v) is 7.37. The van der Waals surface area contributed by atoms with E-state index in [1.807, 2.05) is 22.9 Å². The van der Waals surface area contributed by atoms with E-state index in [1.165, 1.54) is 29.5 Å². The zero-order valence-electron chi connectivity index (χ0n) is 15.5. The second-order valence-electron chi connectivity index (χ2n) is 6.20. The van der Waals surface area contributed by atoms with Crippen molar-refractivity contribution in [2.75, 3.05) is 4.72 Å². The average molecular weight is 457 g/mol. The molecule has 0 saturated carbocycles. The van der Waals surface area contributed by atoms with Crippen LogP contribution in [0.25, 0.3) is 9.88 Å². The molecule has 4 rings (SSSR count). The SMILES string of the molecule is O=C(OCc1csc(-c2cccs2)n1)c1cccc(NS(=O)(=O)c2ccccc2)c1. The summed E-state index contributed by atoms with van der Waals surface area (Å²) in [7, 11) is -3.74. The Labute approximate surface area is 181 Å². The fourth-order valence-corrected chi connectivity index (χ4v) is 5.32. The molecule has 0 spiro atoms. The van der Waals surface area contributed by atoms with E-state index in [-0.39, 0.29) is 22.8 Å². The monoisotopic (exact) mass is 456 g/mol. The fourth-order valence-electron chi connectivity index (χ4n) is 2.63. The normalized spacial score (nSPS) is 11.2. The Morgan fingerprint density at radius 2 is 1.83 bits per heavy atom. The van der Waals surface area contributed by atoms with Gasteiger partial charge in [-0.2, -0.15) is 0 Å². The van der Waals surface area contributed by atoms with Gasteiger partial charge in [0.1, 0.15) is 11.6 Å². The molecule has 0 fully saturated rings. The third-order valence-electron chi connectivity index (χ3n) is 4.04. The Hall–Kier alpha value is -3.01. The van der Waals surface area contributed by atoms with Crippen molar-refractivity contribution < 1.29 is 17.9 Å². The van der Waals surface area contributed by atoms with E-state index in [0.29, 0.717) is 5.69 Å². The molecular formula is C21H16N2O4S3. The fraction of sp³-hybridized carbons (Fsp3) is 0.0476. The highest BCUT2D eigenvalue weighted by Gasteiger charge is 2.15. The molecule has 2 aromatic heterocycles. The van der Waals surface area contributed by atoms with Crippen LogP contribution in [0.4, 0.5) is 5.69 Å². The predicted molar refractivity (Wildman–Crippen MR) is 118 cm³/mol. The third kappa shape index (κ3) is 4.76. The minimum atomic E-state index is -3.74. The number of nitrogens with one attached hydrogen (secondary N) is 1.